The van der Waals surface area contributed by atoms with Crippen molar-refractivity contribution in [3.8, 4) is 0 Å². The Bertz CT molecular complexity index is 478. The number of carbonyl (C=O) groups is 2. The van der Waals surface area contributed by atoms with E-state index >= 15 is 0 Å². The van der Waals surface area contributed by atoms with Crippen LogP contribution in [-0.2, 0) is 36.1 Å². The highest BCUT2D eigenvalue weighted by molar-refractivity contribution is 6.84. The third kappa shape index (κ3) is 18.9. The van der Waals surface area contributed by atoms with Gasteiger partial charge in [-0.15, -0.1) is 0 Å². The molecule has 0 aliphatic heterocycles. The van der Waals surface area contributed by atoms with Gasteiger partial charge in [0.2, 0.25) is 0 Å². The van der Waals surface area contributed by atoms with Crippen molar-refractivity contribution < 1.29 is 36.1 Å². The molecule has 0 aromatic carbocycles. The van der Waals surface area contributed by atoms with Crippen molar-refractivity contribution in [2.24, 2.45) is 0 Å². The van der Waals surface area contributed by atoms with Crippen LogP contribution in [0.1, 0.15) is 22.3 Å². The molecule has 0 spiro atoms. The van der Waals surface area contributed by atoms with E-state index in [1.807, 2.05) is 39.3 Å². The third-order valence-corrected chi connectivity index (χ3v) is 12.5. The van der Waals surface area contributed by atoms with E-state index in [1.165, 1.54) is 0 Å². The Kier molecular flexibility index (Phi) is 20.1. The van der Waals surface area contributed by atoms with Crippen LogP contribution in [0.5, 0.6) is 0 Å². The minimum Gasteiger partial charge on any atom is -0.460 e. The second-order valence-corrected chi connectivity index (χ2v) is 17.5. The van der Waals surface area contributed by atoms with E-state index in [0.29, 0.717) is 0 Å². The van der Waals surface area contributed by atoms with Crippen molar-refractivity contribution in [3.63, 3.8) is 0 Å². The second kappa shape index (κ2) is 16.6. The lowest BCUT2D eigenvalue weighted by Gasteiger charge is -2.37. The normalized spacial score (nSPS) is 11.1. The first-order chi connectivity index (χ1) is 12.3. The van der Waals surface area contributed by atoms with Gasteiger partial charge in [-0.2, -0.15) is 0 Å². The molecule has 8 nitrogen and oxygen atoms in total. The summed E-state index contributed by atoms with van der Waals surface area (Å²) in [6, 6.07) is 0. The van der Waals surface area contributed by atoms with Gasteiger partial charge in [-0.25, -0.2) is 9.59 Å². The zero-order valence-corrected chi connectivity index (χ0v) is 20.2. The molecule has 0 aliphatic rings. The smallest absolute Gasteiger partial charge is 0.330 e. The maximum absolute atomic E-state index is 11.0. The molecule has 0 heterocycles. The summed E-state index contributed by atoms with van der Waals surface area (Å²) in [7, 11) is -7.47. The number of ether oxygens (including phenoxy) is 2. The van der Waals surface area contributed by atoms with Crippen LogP contribution in [0.2, 0.25) is 39.3 Å². The number of rotatable bonds is 14. The molecule has 30 heavy (non-hydrogen) atoms. The fourth-order valence-corrected chi connectivity index (χ4v) is 13.9. The Morgan fingerprint density at radius 2 is 0.933 bits per heavy atom. The molecule has 180 valence electrons. The van der Waals surface area contributed by atoms with Crippen molar-refractivity contribution in [3.05, 3.63) is 25.3 Å². The molecular weight excluding hydrogens is 440 g/mol. The molecule has 0 aliphatic carbocycles. The highest BCUT2D eigenvalue weighted by atomic mass is 28.5. The molecule has 0 aromatic rings. The van der Waals surface area contributed by atoms with Crippen molar-refractivity contribution in [2.75, 3.05) is 26.4 Å². The van der Waals surface area contributed by atoms with E-state index in [9.17, 15) is 9.59 Å². The predicted molar refractivity (Wildman–Crippen MR) is 129 cm³/mol. The van der Waals surface area contributed by atoms with Crippen LogP contribution >= 0.6 is 0 Å². The summed E-state index contributed by atoms with van der Waals surface area (Å²) in [5, 5.41) is 0. The molecule has 0 N–H and O–H groups in total. The molecule has 0 atom stereocenters. The van der Waals surface area contributed by atoms with Crippen LogP contribution in [0, 0.1) is 0 Å². The van der Waals surface area contributed by atoms with Gasteiger partial charge in [0.1, 0.15) is 13.2 Å². The van der Waals surface area contributed by atoms with E-state index in [4.69, 9.17) is 26.6 Å². The van der Waals surface area contributed by atoms with Crippen LogP contribution in [0.25, 0.3) is 0 Å². The van der Waals surface area contributed by atoms with Gasteiger partial charge in [0.25, 0.3) is 0 Å². The molecule has 0 fully saturated rings. The Morgan fingerprint density at radius 3 is 1.20 bits per heavy atom. The average Bonchev–Trinajstić information content (AvgIpc) is 2.52. The summed E-state index contributed by atoms with van der Waals surface area (Å²) in [4.78, 5) is 22.0. The van der Waals surface area contributed by atoms with Crippen molar-refractivity contribution >= 4 is 37.6 Å². The minimum absolute atomic E-state index is 0. The highest BCUT2D eigenvalue weighted by Crippen LogP contribution is 2.21. The molecular formula is C19H44O8Si3. The first-order valence-corrected chi connectivity index (χ1v) is 17.0. The van der Waals surface area contributed by atoms with E-state index in [-0.39, 0.29) is 48.7 Å². The van der Waals surface area contributed by atoms with Crippen LogP contribution in [0.4, 0.5) is 0 Å². The quantitative estimate of drug-likeness (QED) is 0.154. The third-order valence-electron chi connectivity index (χ3n) is 2.87. The molecule has 11 heteroatoms. The summed E-state index contributed by atoms with van der Waals surface area (Å²) in [6.07, 6.45) is 2.21. The Morgan fingerprint density at radius 1 is 0.633 bits per heavy atom. The Balaban J connectivity index is -0.00000113. The SMILES string of the molecule is C.C.C.C=CC(=O)OCCO[Si](C)(C)O[Si](C)(C)O[Si](C)(C)OCCOC(=O)C=C. The van der Waals surface area contributed by atoms with E-state index < -0.39 is 37.6 Å². The maximum Gasteiger partial charge on any atom is 0.330 e. The fraction of sp³-hybridized carbons (Fsp3) is 0.684. The summed E-state index contributed by atoms with van der Waals surface area (Å²) < 4.78 is 33.7. The highest BCUT2D eigenvalue weighted by Gasteiger charge is 2.41. The Hall–Kier alpha value is -1.09. The molecule has 0 unspecified atom stereocenters. The summed E-state index contributed by atoms with van der Waals surface area (Å²) in [5.41, 5.74) is 0. The van der Waals surface area contributed by atoms with Gasteiger partial charge in [-0.05, 0) is 39.3 Å². The standard InChI is InChI=1S/C16H32O8Si3.3CH4/c1-9-15(17)19-11-13-21-25(3,4)23-27(7,8)24-26(5,6)22-14-12-20-16(18)10-2;;;/h9-10H,1-2,11-14H2,3-8H3;3*1H4. The van der Waals surface area contributed by atoms with E-state index in [1.54, 1.807) is 0 Å². The molecule has 0 rings (SSSR count). The molecule has 0 radical (unpaired) electrons. The molecule has 0 saturated heterocycles. The van der Waals surface area contributed by atoms with Crippen LogP contribution < -0.4 is 0 Å². The topological polar surface area (TPSA) is 89.5 Å². The lowest BCUT2D eigenvalue weighted by Crippen LogP contribution is -2.54. The lowest BCUT2D eigenvalue weighted by molar-refractivity contribution is -0.139. The first kappa shape index (κ1) is 36.3. The van der Waals surface area contributed by atoms with Crippen molar-refractivity contribution in [2.45, 2.75) is 61.6 Å². The van der Waals surface area contributed by atoms with Crippen LogP contribution in [0.3, 0.4) is 0 Å². The maximum atomic E-state index is 11.0. The second-order valence-electron chi connectivity index (χ2n) is 6.84. The van der Waals surface area contributed by atoms with Gasteiger partial charge in [0, 0.05) is 12.2 Å². The average molecular weight is 485 g/mol. The number of esters is 2. The largest absolute Gasteiger partial charge is 0.460 e. The molecule has 0 bridgehead atoms. The van der Waals surface area contributed by atoms with Gasteiger partial charge in [0.05, 0.1) is 13.2 Å². The molecule has 0 aromatic heterocycles. The number of hydrogen-bond donors (Lipinski definition) is 0. The number of carbonyl (C=O) groups excluding carboxylic acids is 2. The minimum atomic E-state index is -2.53. The molecule has 0 saturated carbocycles. The molecule has 0 amide bonds. The summed E-state index contributed by atoms with van der Waals surface area (Å²) >= 11 is 0. The van der Waals surface area contributed by atoms with Gasteiger partial charge in [0.15, 0.2) is 0 Å². The monoisotopic (exact) mass is 484 g/mol. The van der Waals surface area contributed by atoms with Crippen LogP contribution in [-0.4, -0.2) is 64.0 Å². The summed E-state index contributed by atoms with van der Waals surface area (Å²) in [5.74, 6) is -0.971. The van der Waals surface area contributed by atoms with Gasteiger partial charge < -0.3 is 26.6 Å². The van der Waals surface area contributed by atoms with E-state index in [0.717, 1.165) is 12.2 Å². The van der Waals surface area contributed by atoms with Gasteiger partial charge in [-0.3, -0.25) is 0 Å². The zero-order valence-electron chi connectivity index (χ0n) is 17.2. The fourth-order valence-electron chi connectivity index (χ4n) is 2.24. The van der Waals surface area contributed by atoms with Gasteiger partial charge in [-0.1, -0.05) is 35.4 Å². The van der Waals surface area contributed by atoms with E-state index in [2.05, 4.69) is 13.2 Å². The zero-order chi connectivity index (χ0) is 21.1. The first-order valence-electron chi connectivity index (χ1n) is 8.59. The van der Waals surface area contributed by atoms with Crippen molar-refractivity contribution in [1.82, 2.24) is 0 Å². The lowest BCUT2D eigenvalue weighted by atomic mass is 10.6. The van der Waals surface area contributed by atoms with Crippen molar-refractivity contribution in [1.29, 1.82) is 0 Å². The number of hydrogen-bond acceptors (Lipinski definition) is 8. The summed E-state index contributed by atoms with van der Waals surface area (Å²) in [6.45, 7) is 18.9. The van der Waals surface area contributed by atoms with Crippen LogP contribution in [0.15, 0.2) is 25.3 Å². The Labute approximate surface area is 187 Å². The predicted octanol–water partition coefficient (Wildman–Crippen LogP) is 4.52. The van der Waals surface area contributed by atoms with Gasteiger partial charge >= 0.3 is 37.6 Å².